The van der Waals surface area contributed by atoms with E-state index in [4.69, 9.17) is 27.9 Å². The van der Waals surface area contributed by atoms with Gasteiger partial charge < -0.3 is 10.1 Å². The molecule has 0 bridgehead atoms. The van der Waals surface area contributed by atoms with Crippen LogP contribution in [-0.2, 0) is 9.53 Å². The lowest BCUT2D eigenvalue weighted by Gasteiger charge is -2.13. The van der Waals surface area contributed by atoms with Crippen molar-refractivity contribution in [2.75, 3.05) is 5.32 Å². The van der Waals surface area contributed by atoms with Gasteiger partial charge in [0.1, 0.15) is 0 Å². The quantitative estimate of drug-likeness (QED) is 0.851. The largest absolute Gasteiger partial charge is 0.449 e. The number of esters is 1. The molecule has 0 heterocycles. The molecule has 1 atom stereocenters. The first-order valence-corrected chi connectivity index (χ1v) is 7.24. The fraction of sp³-hybridized carbons (Fsp3) is 0.125. The molecule has 0 aliphatic carbocycles. The predicted molar refractivity (Wildman–Crippen MR) is 86.4 cm³/mol. The van der Waals surface area contributed by atoms with E-state index in [2.05, 4.69) is 5.32 Å². The van der Waals surface area contributed by atoms with Crippen molar-refractivity contribution in [2.45, 2.75) is 13.0 Å². The minimum absolute atomic E-state index is 0.192. The van der Waals surface area contributed by atoms with E-state index >= 15 is 0 Å². The number of hydrogen-bond acceptors (Lipinski definition) is 3. The number of ether oxygens (including phenoxy) is 1. The summed E-state index contributed by atoms with van der Waals surface area (Å²) in [6.07, 6.45) is -0.953. The summed E-state index contributed by atoms with van der Waals surface area (Å²) in [5.41, 5.74) is 0.818. The first kappa shape index (κ1) is 16.3. The van der Waals surface area contributed by atoms with Crippen molar-refractivity contribution < 1.29 is 14.3 Å². The Morgan fingerprint density at radius 2 is 1.64 bits per heavy atom. The zero-order valence-electron chi connectivity index (χ0n) is 11.7. The highest BCUT2D eigenvalue weighted by molar-refractivity contribution is 6.35. The third-order valence-corrected chi connectivity index (χ3v) is 3.23. The summed E-state index contributed by atoms with van der Waals surface area (Å²) < 4.78 is 5.11. The van der Waals surface area contributed by atoms with E-state index in [9.17, 15) is 9.59 Å². The van der Waals surface area contributed by atoms with Crippen LogP contribution < -0.4 is 5.32 Å². The predicted octanol–water partition coefficient (Wildman–Crippen LogP) is 4.18. The topological polar surface area (TPSA) is 55.4 Å². The molecule has 0 saturated carbocycles. The van der Waals surface area contributed by atoms with Crippen LogP contribution in [0.3, 0.4) is 0 Å². The smallest absolute Gasteiger partial charge is 0.339 e. The number of anilines is 1. The molecule has 2 aromatic rings. The highest BCUT2D eigenvalue weighted by Gasteiger charge is 2.19. The van der Waals surface area contributed by atoms with Crippen molar-refractivity contribution in [3.63, 3.8) is 0 Å². The first-order chi connectivity index (χ1) is 10.5. The third kappa shape index (κ3) is 4.48. The normalized spacial score (nSPS) is 11.6. The molecule has 114 valence electrons. The van der Waals surface area contributed by atoms with Gasteiger partial charge in [-0.05, 0) is 37.3 Å². The summed E-state index contributed by atoms with van der Waals surface area (Å²) in [5.74, 6) is -1.09. The Morgan fingerprint density at radius 3 is 2.23 bits per heavy atom. The average Bonchev–Trinajstić information content (AvgIpc) is 2.47. The van der Waals surface area contributed by atoms with Crippen LogP contribution in [0.25, 0.3) is 0 Å². The van der Waals surface area contributed by atoms with Crippen LogP contribution in [0, 0.1) is 0 Å². The van der Waals surface area contributed by atoms with Crippen LogP contribution >= 0.6 is 23.2 Å². The Kier molecular flexibility index (Phi) is 5.41. The van der Waals surface area contributed by atoms with Crippen molar-refractivity contribution in [1.82, 2.24) is 0 Å². The van der Waals surface area contributed by atoms with Crippen LogP contribution in [-0.4, -0.2) is 18.0 Å². The van der Waals surface area contributed by atoms with Crippen molar-refractivity contribution in [3.05, 3.63) is 64.1 Å². The third-order valence-electron chi connectivity index (χ3n) is 2.79. The lowest BCUT2D eigenvalue weighted by molar-refractivity contribution is -0.123. The molecule has 0 aliphatic heterocycles. The van der Waals surface area contributed by atoms with E-state index in [0.29, 0.717) is 15.7 Å². The zero-order valence-corrected chi connectivity index (χ0v) is 13.2. The van der Waals surface area contributed by atoms with Gasteiger partial charge in [-0.2, -0.15) is 0 Å². The molecule has 1 unspecified atom stereocenters. The molecular formula is C16H13Cl2NO3. The number of carbonyl (C=O) groups is 2. The van der Waals surface area contributed by atoms with Crippen LogP contribution in [0.15, 0.2) is 48.5 Å². The van der Waals surface area contributed by atoms with Gasteiger partial charge in [0.05, 0.1) is 5.56 Å². The maximum absolute atomic E-state index is 12.0. The van der Waals surface area contributed by atoms with E-state index in [1.165, 1.54) is 25.1 Å². The summed E-state index contributed by atoms with van der Waals surface area (Å²) in [6, 6.07) is 13.3. The number of halogens is 2. The Bertz CT molecular complexity index is 669. The molecule has 0 fully saturated rings. The zero-order chi connectivity index (χ0) is 16.1. The second kappa shape index (κ2) is 7.29. The van der Waals surface area contributed by atoms with Gasteiger partial charge >= 0.3 is 5.97 Å². The molecule has 1 amide bonds. The molecule has 0 radical (unpaired) electrons. The van der Waals surface area contributed by atoms with E-state index in [0.717, 1.165) is 0 Å². The molecule has 22 heavy (non-hydrogen) atoms. The van der Waals surface area contributed by atoms with Gasteiger partial charge in [-0.3, -0.25) is 4.79 Å². The summed E-state index contributed by atoms with van der Waals surface area (Å²) >= 11 is 11.7. The highest BCUT2D eigenvalue weighted by Crippen LogP contribution is 2.20. The van der Waals surface area contributed by atoms with Crippen molar-refractivity contribution in [2.24, 2.45) is 0 Å². The van der Waals surface area contributed by atoms with E-state index in [-0.39, 0.29) is 5.56 Å². The number of nitrogens with one attached hydrogen (secondary N) is 1. The molecular weight excluding hydrogens is 325 g/mol. The van der Waals surface area contributed by atoms with E-state index in [1.54, 1.807) is 24.3 Å². The Balaban J connectivity index is 2.00. The summed E-state index contributed by atoms with van der Waals surface area (Å²) in [4.78, 5) is 24.0. The SMILES string of the molecule is CC(OC(=O)c1cc(Cl)cc(Cl)c1)C(=O)Nc1ccccc1. The molecule has 2 aromatic carbocycles. The average molecular weight is 338 g/mol. The fourth-order valence-electron chi connectivity index (χ4n) is 1.72. The van der Waals surface area contributed by atoms with Crippen molar-refractivity contribution >= 4 is 40.8 Å². The molecule has 4 nitrogen and oxygen atoms in total. The minimum atomic E-state index is -0.953. The number of rotatable bonds is 4. The number of para-hydroxylation sites is 1. The number of amides is 1. The fourth-order valence-corrected chi connectivity index (χ4v) is 2.25. The summed E-state index contributed by atoms with van der Waals surface area (Å²) in [5, 5.41) is 3.29. The molecule has 1 N–H and O–H groups in total. The van der Waals surface area contributed by atoms with Crippen molar-refractivity contribution in [1.29, 1.82) is 0 Å². The summed E-state index contributed by atoms with van der Waals surface area (Å²) in [6.45, 7) is 1.49. The lowest BCUT2D eigenvalue weighted by Crippen LogP contribution is -2.30. The van der Waals surface area contributed by atoms with Crippen LogP contribution in [0.4, 0.5) is 5.69 Å². The summed E-state index contributed by atoms with van der Waals surface area (Å²) in [7, 11) is 0. The maximum atomic E-state index is 12.0. The first-order valence-electron chi connectivity index (χ1n) is 6.48. The van der Waals surface area contributed by atoms with Gasteiger partial charge in [0.2, 0.25) is 0 Å². The molecule has 0 saturated heterocycles. The Hall–Kier alpha value is -2.04. The minimum Gasteiger partial charge on any atom is -0.449 e. The second-order valence-corrected chi connectivity index (χ2v) is 5.43. The van der Waals surface area contributed by atoms with Crippen LogP contribution in [0.1, 0.15) is 17.3 Å². The Morgan fingerprint density at radius 1 is 1.05 bits per heavy atom. The molecule has 0 aromatic heterocycles. The maximum Gasteiger partial charge on any atom is 0.339 e. The number of benzene rings is 2. The standard InChI is InChI=1S/C16H13Cl2NO3/c1-10(15(20)19-14-5-3-2-4-6-14)22-16(21)11-7-12(17)9-13(18)8-11/h2-10H,1H3,(H,19,20). The Labute approximate surface area is 138 Å². The number of carbonyl (C=O) groups excluding carboxylic acids is 2. The van der Waals surface area contributed by atoms with Crippen LogP contribution in [0.5, 0.6) is 0 Å². The molecule has 2 rings (SSSR count). The molecule has 0 spiro atoms. The second-order valence-electron chi connectivity index (χ2n) is 4.56. The van der Waals surface area contributed by atoms with Gasteiger partial charge in [-0.15, -0.1) is 0 Å². The molecule has 6 heteroatoms. The number of hydrogen-bond donors (Lipinski definition) is 1. The van der Waals surface area contributed by atoms with E-state index < -0.39 is 18.0 Å². The van der Waals surface area contributed by atoms with Crippen molar-refractivity contribution in [3.8, 4) is 0 Å². The highest BCUT2D eigenvalue weighted by atomic mass is 35.5. The van der Waals surface area contributed by atoms with E-state index in [1.807, 2.05) is 6.07 Å². The van der Waals surface area contributed by atoms with Gasteiger partial charge in [0.15, 0.2) is 6.10 Å². The lowest BCUT2D eigenvalue weighted by atomic mass is 10.2. The van der Waals surface area contributed by atoms with Gasteiger partial charge in [0, 0.05) is 15.7 Å². The molecule has 0 aliphatic rings. The van der Waals surface area contributed by atoms with Gasteiger partial charge in [-0.25, -0.2) is 4.79 Å². The van der Waals surface area contributed by atoms with Gasteiger partial charge in [0.25, 0.3) is 5.91 Å². The van der Waals surface area contributed by atoms with Gasteiger partial charge in [-0.1, -0.05) is 41.4 Å². The monoisotopic (exact) mass is 337 g/mol. The van der Waals surface area contributed by atoms with Crippen LogP contribution in [0.2, 0.25) is 10.0 Å².